The smallest absolute Gasteiger partial charge is 0.354 e. The highest BCUT2D eigenvalue weighted by atomic mass is 16.5. The van der Waals surface area contributed by atoms with E-state index in [1.54, 1.807) is 48.9 Å². The van der Waals surface area contributed by atoms with Crippen LogP contribution in [-0.2, 0) is 9.53 Å². The first kappa shape index (κ1) is 14.4. The van der Waals surface area contributed by atoms with Crippen LogP contribution in [0.5, 0.6) is 0 Å². The molecule has 5 nitrogen and oxygen atoms in total. The molecule has 0 aromatic carbocycles. The van der Waals surface area contributed by atoms with Crippen molar-refractivity contribution in [3.63, 3.8) is 0 Å². The molecule has 5 heteroatoms. The second-order valence-electron chi connectivity index (χ2n) is 3.25. The lowest BCUT2D eigenvalue weighted by molar-refractivity contribution is -0.129. The Kier molecular flexibility index (Phi) is 7.07. The van der Waals surface area contributed by atoms with Crippen molar-refractivity contribution in [2.45, 2.75) is 0 Å². The first-order valence-electron chi connectivity index (χ1n) is 5.56. The zero-order valence-corrected chi connectivity index (χ0v) is 10.2. The van der Waals surface area contributed by atoms with E-state index in [2.05, 4.69) is 9.98 Å². The molecule has 0 aromatic rings. The van der Waals surface area contributed by atoms with Crippen molar-refractivity contribution in [1.29, 1.82) is 0 Å². The summed E-state index contributed by atoms with van der Waals surface area (Å²) in [7, 11) is 0. The first-order valence-corrected chi connectivity index (χ1v) is 5.56. The highest BCUT2D eigenvalue weighted by Crippen LogP contribution is 1.90. The van der Waals surface area contributed by atoms with Gasteiger partial charge in [-0.3, -0.25) is 4.99 Å². The normalized spacial score (nSPS) is 16.1. The van der Waals surface area contributed by atoms with Crippen molar-refractivity contribution in [2.24, 2.45) is 9.98 Å². The Morgan fingerprint density at radius 2 is 2.05 bits per heavy atom. The number of carbonyl (C=O) groups is 1. The van der Waals surface area contributed by atoms with Gasteiger partial charge in [0.05, 0.1) is 6.26 Å². The molecule has 98 valence electrons. The molecule has 1 N–H and O–H groups in total. The maximum atomic E-state index is 10.9. The fraction of sp³-hybridized carbons (Fsp3) is 0.0714. The third-order valence-corrected chi connectivity index (χ3v) is 1.84. The molecule has 1 aliphatic rings. The van der Waals surface area contributed by atoms with E-state index in [0.717, 1.165) is 0 Å². The minimum Gasteiger partial charge on any atom is -0.497 e. The van der Waals surface area contributed by atoms with Crippen molar-refractivity contribution in [3.8, 4) is 0 Å². The highest BCUT2D eigenvalue weighted by Gasteiger charge is 2.01. The average Bonchev–Trinajstić information content (AvgIpc) is 2.38. The molecule has 0 aliphatic carbocycles. The fourth-order valence-corrected chi connectivity index (χ4v) is 1.02. The van der Waals surface area contributed by atoms with Crippen LogP contribution in [0, 0.1) is 0 Å². The van der Waals surface area contributed by atoms with Gasteiger partial charge in [0.25, 0.3) is 0 Å². The van der Waals surface area contributed by atoms with E-state index in [9.17, 15) is 4.79 Å². The van der Waals surface area contributed by atoms with Gasteiger partial charge in [0.15, 0.2) is 0 Å². The molecule has 19 heavy (non-hydrogen) atoms. The van der Waals surface area contributed by atoms with Gasteiger partial charge in [-0.1, -0.05) is 12.2 Å². The Hall–Kier alpha value is -2.69. The maximum absolute atomic E-state index is 10.9. The highest BCUT2D eigenvalue weighted by molar-refractivity contribution is 6.40. The second kappa shape index (κ2) is 9.35. The van der Waals surface area contributed by atoms with Crippen LogP contribution in [0.2, 0.25) is 0 Å². The van der Waals surface area contributed by atoms with E-state index >= 15 is 0 Å². The molecule has 0 radical (unpaired) electrons. The Labute approximate surface area is 111 Å². The molecular weight excluding hydrogens is 244 g/mol. The van der Waals surface area contributed by atoms with Crippen molar-refractivity contribution >= 4 is 17.9 Å². The van der Waals surface area contributed by atoms with Gasteiger partial charge in [0.2, 0.25) is 0 Å². The quantitative estimate of drug-likeness (QED) is 0.784. The number of carboxylic acid groups (broad SMARTS) is 1. The van der Waals surface area contributed by atoms with E-state index in [1.165, 1.54) is 18.5 Å². The van der Waals surface area contributed by atoms with Gasteiger partial charge < -0.3 is 9.84 Å². The van der Waals surface area contributed by atoms with Gasteiger partial charge in [-0.15, -0.1) is 0 Å². The molecule has 0 spiro atoms. The maximum Gasteiger partial charge on any atom is 0.354 e. The van der Waals surface area contributed by atoms with Gasteiger partial charge in [0, 0.05) is 18.6 Å². The van der Waals surface area contributed by atoms with E-state index in [1.807, 2.05) is 0 Å². The monoisotopic (exact) mass is 258 g/mol. The van der Waals surface area contributed by atoms with E-state index < -0.39 is 5.97 Å². The summed E-state index contributed by atoms with van der Waals surface area (Å²) in [6.45, 7) is 0.394. The Bertz CT molecular complexity index is 495. The number of nitrogens with zero attached hydrogens (tertiary/aromatic N) is 2. The number of rotatable bonds is 1. The molecule has 0 bridgehead atoms. The van der Waals surface area contributed by atoms with Crippen LogP contribution in [0.3, 0.4) is 0 Å². The molecule has 1 rings (SSSR count). The van der Waals surface area contributed by atoms with Crippen LogP contribution in [0.15, 0.2) is 71.2 Å². The number of hydrogen-bond acceptors (Lipinski definition) is 4. The van der Waals surface area contributed by atoms with Crippen molar-refractivity contribution in [3.05, 3.63) is 61.2 Å². The minimum atomic E-state index is -1.09. The third-order valence-electron chi connectivity index (χ3n) is 1.84. The fourth-order valence-electron chi connectivity index (χ4n) is 1.02. The molecule has 0 atom stereocenters. The summed E-state index contributed by atoms with van der Waals surface area (Å²) in [6.07, 6.45) is 17.4. The number of carboxylic acids is 1. The molecule has 0 fully saturated rings. The van der Waals surface area contributed by atoms with E-state index in [-0.39, 0.29) is 5.71 Å². The lowest BCUT2D eigenvalue weighted by Crippen LogP contribution is -2.08. The summed E-state index contributed by atoms with van der Waals surface area (Å²) in [6, 6.07) is 0. The van der Waals surface area contributed by atoms with Crippen LogP contribution < -0.4 is 0 Å². The summed E-state index contributed by atoms with van der Waals surface area (Å²) >= 11 is 0. The summed E-state index contributed by atoms with van der Waals surface area (Å²) in [5.41, 5.74) is -0.0602. The number of hydrogen-bond donors (Lipinski definition) is 1. The standard InChI is InChI=1S/C14H14N2O3/c17-14(18)13-7-2-5-11-19-12-6-9-15-8-3-1-4-10-16-13/h1-11H,12H2,(H,17,18). The summed E-state index contributed by atoms with van der Waals surface area (Å²) in [5, 5.41) is 8.91. The van der Waals surface area contributed by atoms with Gasteiger partial charge >= 0.3 is 5.97 Å². The predicted molar refractivity (Wildman–Crippen MR) is 75.2 cm³/mol. The lowest BCUT2D eigenvalue weighted by Gasteiger charge is -1.92. The zero-order valence-electron chi connectivity index (χ0n) is 10.2. The first-order chi connectivity index (χ1) is 9.30. The lowest BCUT2D eigenvalue weighted by atomic mass is 10.3. The number of aliphatic imine (C=N–C) groups is 2. The number of allylic oxidation sites excluding steroid dienone is 5. The molecule has 0 aromatic heterocycles. The van der Waals surface area contributed by atoms with Gasteiger partial charge in [-0.05, 0) is 30.4 Å². The summed E-state index contributed by atoms with van der Waals surface area (Å²) in [5.74, 6) is -1.09. The minimum absolute atomic E-state index is 0.0602. The topological polar surface area (TPSA) is 71.2 Å². The van der Waals surface area contributed by atoms with Crippen LogP contribution in [0.1, 0.15) is 0 Å². The Balaban J connectivity index is 2.84. The third kappa shape index (κ3) is 7.27. The van der Waals surface area contributed by atoms with Crippen molar-refractivity contribution in [2.75, 3.05) is 6.61 Å². The van der Waals surface area contributed by atoms with Gasteiger partial charge in [-0.2, -0.15) is 0 Å². The summed E-state index contributed by atoms with van der Waals surface area (Å²) in [4.78, 5) is 18.7. The number of aliphatic carboxylic acids is 1. The zero-order chi connectivity index (χ0) is 13.8. The van der Waals surface area contributed by atoms with E-state index in [4.69, 9.17) is 9.84 Å². The molecule has 0 saturated carbocycles. The van der Waals surface area contributed by atoms with Crippen LogP contribution in [0.4, 0.5) is 0 Å². The number of ether oxygens (including phenoxy) is 1. The largest absolute Gasteiger partial charge is 0.497 e. The molecule has 0 saturated heterocycles. The summed E-state index contributed by atoms with van der Waals surface area (Å²) < 4.78 is 5.12. The molecule has 1 heterocycles. The van der Waals surface area contributed by atoms with E-state index in [0.29, 0.717) is 6.61 Å². The SMILES string of the molecule is O=C(O)C1=NC=CC=CC=NC=CCOC=CC=C1. The van der Waals surface area contributed by atoms with Crippen LogP contribution in [0.25, 0.3) is 0 Å². The van der Waals surface area contributed by atoms with Gasteiger partial charge in [-0.25, -0.2) is 9.79 Å². The second-order valence-corrected chi connectivity index (χ2v) is 3.25. The Morgan fingerprint density at radius 3 is 2.89 bits per heavy atom. The van der Waals surface area contributed by atoms with Crippen molar-refractivity contribution < 1.29 is 14.6 Å². The van der Waals surface area contributed by atoms with Crippen LogP contribution >= 0.6 is 0 Å². The van der Waals surface area contributed by atoms with Crippen molar-refractivity contribution in [1.82, 2.24) is 0 Å². The van der Waals surface area contributed by atoms with Crippen LogP contribution in [-0.4, -0.2) is 29.6 Å². The predicted octanol–water partition coefficient (Wildman–Crippen LogP) is 2.27. The molecule has 0 unspecified atom stereocenters. The van der Waals surface area contributed by atoms with Gasteiger partial charge in [0.1, 0.15) is 12.3 Å². The Morgan fingerprint density at radius 1 is 1.16 bits per heavy atom. The molecule has 0 amide bonds. The molecular formula is C14H14N2O3. The molecule has 1 aliphatic heterocycles. The average molecular weight is 258 g/mol.